The monoisotopic (exact) mass is 418 g/mol. The van der Waals surface area contributed by atoms with E-state index in [9.17, 15) is 4.79 Å². The van der Waals surface area contributed by atoms with Gasteiger partial charge >= 0.3 is 0 Å². The van der Waals surface area contributed by atoms with Crippen molar-refractivity contribution in [2.75, 3.05) is 5.32 Å². The number of amides is 1. The number of aromatic nitrogens is 3. The predicted octanol–water partition coefficient (Wildman–Crippen LogP) is 5.98. The van der Waals surface area contributed by atoms with E-state index in [0.29, 0.717) is 16.3 Å². The summed E-state index contributed by atoms with van der Waals surface area (Å²) in [5.74, 6) is -0.213. The summed E-state index contributed by atoms with van der Waals surface area (Å²) >= 11 is 6.00. The molecular formula is C24H23ClN4O. The fourth-order valence-electron chi connectivity index (χ4n) is 3.32. The fraction of sp³-hybridized carbons (Fsp3) is 0.208. The van der Waals surface area contributed by atoms with E-state index in [1.54, 1.807) is 29.1 Å². The minimum Gasteiger partial charge on any atom is -0.322 e. The number of carbonyl (C=O) groups excluding carboxylic acids is 1. The summed E-state index contributed by atoms with van der Waals surface area (Å²) in [6.07, 6.45) is 3.45. The molecular weight excluding hydrogens is 396 g/mol. The van der Waals surface area contributed by atoms with Gasteiger partial charge in [-0.25, -0.2) is 0 Å². The number of hydrogen-bond donors (Lipinski definition) is 1. The third kappa shape index (κ3) is 4.36. The van der Waals surface area contributed by atoms with Crippen molar-refractivity contribution in [1.82, 2.24) is 15.0 Å². The number of anilines is 1. The van der Waals surface area contributed by atoms with Gasteiger partial charge in [-0.2, -0.15) is 4.80 Å². The first-order chi connectivity index (χ1) is 14.5. The number of nitrogens with zero attached hydrogens (tertiary/aromatic N) is 3. The zero-order valence-corrected chi connectivity index (χ0v) is 17.8. The van der Waals surface area contributed by atoms with Crippen molar-refractivity contribution in [2.24, 2.45) is 0 Å². The Kier molecular flexibility index (Phi) is 5.81. The van der Waals surface area contributed by atoms with Crippen molar-refractivity contribution in [3.8, 4) is 5.69 Å². The van der Waals surface area contributed by atoms with Gasteiger partial charge in [-0.1, -0.05) is 43.1 Å². The van der Waals surface area contributed by atoms with Gasteiger partial charge in [0.1, 0.15) is 11.0 Å². The number of hydrogen-bond acceptors (Lipinski definition) is 3. The standard InChI is InChI=1S/C24H23ClN4O/c1-3-4-6-17-9-11-20(12-10-17)29-27-22-13-16(2)21(15-23(22)28-29)26-24(30)18-7-5-8-19(25)14-18/h5,7-15H,3-4,6H2,1-2H3,(H,26,30). The Morgan fingerprint density at radius 1 is 1.03 bits per heavy atom. The molecule has 4 rings (SSSR count). The van der Waals surface area contributed by atoms with E-state index in [0.717, 1.165) is 28.7 Å². The van der Waals surface area contributed by atoms with Gasteiger partial charge in [-0.15, -0.1) is 10.2 Å². The Balaban J connectivity index is 1.59. The third-order valence-electron chi connectivity index (χ3n) is 5.05. The largest absolute Gasteiger partial charge is 0.322 e. The molecule has 0 saturated carbocycles. The second kappa shape index (κ2) is 8.67. The molecule has 0 aliphatic heterocycles. The van der Waals surface area contributed by atoms with Crippen molar-refractivity contribution in [1.29, 1.82) is 0 Å². The third-order valence-corrected chi connectivity index (χ3v) is 5.28. The Hall–Kier alpha value is -3.18. The molecule has 1 N–H and O–H groups in total. The van der Waals surface area contributed by atoms with E-state index in [2.05, 4.69) is 34.6 Å². The van der Waals surface area contributed by atoms with Crippen LogP contribution in [0.2, 0.25) is 5.02 Å². The van der Waals surface area contributed by atoms with Gasteiger partial charge < -0.3 is 5.32 Å². The normalized spacial score (nSPS) is 11.0. The maximum atomic E-state index is 12.6. The van der Waals surface area contributed by atoms with Crippen LogP contribution in [0.3, 0.4) is 0 Å². The number of halogens is 1. The average molecular weight is 419 g/mol. The molecule has 0 unspecified atom stereocenters. The molecule has 3 aromatic carbocycles. The molecule has 1 heterocycles. The van der Waals surface area contributed by atoms with E-state index in [1.165, 1.54) is 18.4 Å². The van der Waals surface area contributed by atoms with Crippen LogP contribution in [0.1, 0.15) is 41.3 Å². The Labute approximate surface area is 180 Å². The number of carbonyl (C=O) groups is 1. The highest BCUT2D eigenvalue weighted by Gasteiger charge is 2.12. The lowest BCUT2D eigenvalue weighted by Crippen LogP contribution is -2.12. The van der Waals surface area contributed by atoms with E-state index in [-0.39, 0.29) is 5.91 Å². The molecule has 0 saturated heterocycles. The van der Waals surface area contributed by atoms with E-state index in [1.807, 2.05) is 31.2 Å². The van der Waals surface area contributed by atoms with Gasteiger partial charge in [0.25, 0.3) is 5.91 Å². The number of aryl methyl sites for hydroxylation is 2. The molecule has 1 amide bonds. The van der Waals surface area contributed by atoms with Gasteiger partial charge in [-0.05, 0) is 73.4 Å². The maximum Gasteiger partial charge on any atom is 0.255 e. The zero-order chi connectivity index (χ0) is 21.1. The van der Waals surface area contributed by atoms with Crippen LogP contribution in [0.4, 0.5) is 5.69 Å². The minimum atomic E-state index is -0.213. The van der Waals surface area contributed by atoms with Crippen LogP contribution >= 0.6 is 11.6 Å². The average Bonchev–Trinajstić information content (AvgIpc) is 3.15. The topological polar surface area (TPSA) is 59.8 Å². The molecule has 5 nitrogen and oxygen atoms in total. The van der Waals surface area contributed by atoms with Gasteiger partial charge in [0.2, 0.25) is 0 Å². The second-order valence-corrected chi connectivity index (χ2v) is 7.82. The first-order valence-electron chi connectivity index (χ1n) is 10.1. The highest BCUT2D eigenvalue weighted by Crippen LogP contribution is 2.23. The maximum absolute atomic E-state index is 12.6. The molecule has 0 spiro atoms. The lowest BCUT2D eigenvalue weighted by Gasteiger charge is -2.08. The van der Waals surface area contributed by atoms with Crippen molar-refractivity contribution < 1.29 is 4.79 Å². The van der Waals surface area contributed by atoms with Gasteiger partial charge in [0.15, 0.2) is 0 Å². The number of nitrogens with one attached hydrogen (secondary N) is 1. The van der Waals surface area contributed by atoms with Crippen LogP contribution in [-0.2, 0) is 6.42 Å². The number of rotatable bonds is 6. The molecule has 0 aliphatic rings. The molecule has 1 aromatic heterocycles. The summed E-state index contributed by atoms with van der Waals surface area (Å²) in [7, 11) is 0. The van der Waals surface area contributed by atoms with Crippen molar-refractivity contribution in [3.63, 3.8) is 0 Å². The van der Waals surface area contributed by atoms with E-state index < -0.39 is 0 Å². The molecule has 4 aromatic rings. The highest BCUT2D eigenvalue weighted by atomic mass is 35.5. The molecule has 0 fully saturated rings. The minimum absolute atomic E-state index is 0.213. The van der Waals surface area contributed by atoms with Crippen molar-refractivity contribution in [3.05, 3.63) is 82.4 Å². The van der Waals surface area contributed by atoms with Crippen LogP contribution in [0.25, 0.3) is 16.7 Å². The van der Waals surface area contributed by atoms with Gasteiger partial charge in [0.05, 0.1) is 5.69 Å². The quantitative estimate of drug-likeness (QED) is 0.419. The first-order valence-corrected chi connectivity index (χ1v) is 10.4. The van der Waals surface area contributed by atoms with Crippen LogP contribution in [0, 0.1) is 6.92 Å². The Morgan fingerprint density at radius 3 is 2.47 bits per heavy atom. The first kappa shape index (κ1) is 20.1. The lowest BCUT2D eigenvalue weighted by atomic mass is 10.1. The SMILES string of the molecule is CCCCc1ccc(-n2nc3cc(C)c(NC(=O)c4cccc(Cl)c4)cc3n2)cc1. The number of unbranched alkanes of at least 4 members (excludes halogenated alkanes) is 1. The highest BCUT2D eigenvalue weighted by molar-refractivity contribution is 6.31. The summed E-state index contributed by atoms with van der Waals surface area (Å²) in [6.45, 7) is 4.13. The van der Waals surface area contributed by atoms with Crippen molar-refractivity contribution in [2.45, 2.75) is 33.1 Å². The van der Waals surface area contributed by atoms with Crippen LogP contribution in [0.5, 0.6) is 0 Å². The molecule has 0 aliphatic carbocycles. The van der Waals surface area contributed by atoms with Crippen LogP contribution in [0.15, 0.2) is 60.7 Å². The number of fused-ring (bicyclic) bond motifs is 1. The molecule has 0 radical (unpaired) electrons. The Morgan fingerprint density at radius 2 is 1.77 bits per heavy atom. The summed E-state index contributed by atoms with van der Waals surface area (Å²) in [5, 5.41) is 12.7. The zero-order valence-electron chi connectivity index (χ0n) is 17.0. The number of benzene rings is 3. The fourth-order valence-corrected chi connectivity index (χ4v) is 3.51. The summed E-state index contributed by atoms with van der Waals surface area (Å²) in [5.41, 5.74) is 5.86. The summed E-state index contributed by atoms with van der Waals surface area (Å²) in [4.78, 5) is 14.2. The van der Waals surface area contributed by atoms with E-state index >= 15 is 0 Å². The molecule has 0 bridgehead atoms. The molecule has 30 heavy (non-hydrogen) atoms. The van der Waals surface area contributed by atoms with Crippen molar-refractivity contribution >= 4 is 34.2 Å². The second-order valence-electron chi connectivity index (χ2n) is 7.38. The summed E-state index contributed by atoms with van der Waals surface area (Å²) < 4.78 is 0. The smallest absolute Gasteiger partial charge is 0.255 e. The van der Waals surface area contributed by atoms with E-state index in [4.69, 9.17) is 11.6 Å². The van der Waals surface area contributed by atoms with Gasteiger partial charge in [-0.3, -0.25) is 4.79 Å². The summed E-state index contributed by atoms with van der Waals surface area (Å²) in [6, 6.07) is 19.0. The molecule has 0 atom stereocenters. The lowest BCUT2D eigenvalue weighted by molar-refractivity contribution is 0.102. The van der Waals surface area contributed by atoms with Crippen LogP contribution in [-0.4, -0.2) is 20.9 Å². The molecule has 152 valence electrons. The van der Waals surface area contributed by atoms with Crippen LogP contribution < -0.4 is 5.32 Å². The van der Waals surface area contributed by atoms with Gasteiger partial charge in [0, 0.05) is 16.3 Å². The molecule has 6 heteroatoms. The predicted molar refractivity (Wildman–Crippen MR) is 122 cm³/mol. The Bertz CT molecular complexity index is 1200.